The molecule has 2 aliphatic rings. The summed E-state index contributed by atoms with van der Waals surface area (Å²) in [5, 5.41) is 28.7. The molecular formula is C32H38N4O4. The molecule has 0 saturated heterocycles. The summed E-state index contributed by atoms with van der Waals surface area (Å²) in [6, 6.07) is 20.2. The Balaban J connectivity index is 1.37. The molecule has 2 amide bonds. The van der Waals surface area contributed by atoms with Gasteiger partial charge in [0.05, 0.1) is 11.1 Å². The quantitative estimate of drug-likeness (QED) is 0.255. The molecule has 0 bridgehead atoms. The number of amides is 2. The normalized spacial score (nSPS) is 26.0. The molecule has 210 valence electrons. The van der Waals surface area contributed by atoms with Crippen LogP contribution in [0.3, 0.4) is 0 Å². The molecule has 0 atom stereocenters. The second-order valence-electron chi connectivity index (χ2n) is 11.7. The van der Waals surface area contributed by atoms with Crippen molar-refractivity contribution < 1.29 is 19.8 Å². The molecule has 8 heteroatoms. The summed E-state index contributed by atoms with van der Waals surface area (Å²) < 4.78 is 0. The zero-order valence-corrected chi connectivity index (χ0v) is 23.1. The maximum Gasteiger partial charge on any atom is 0.405 e. The van der Waals surface area contributed by atoms with Crippen molar-refractivity contribution in [2.75, 3.05) is 12.4 Å². The number of hydrogen-bond donors (Lipinski definition) is 5. The average molecular weight is 543 g/mol. The first-order valence-electron chi connectivity index (χ1n) is 14.0. The van der Waals surface area contributed by atoms with Crippen LogP contribution in [-0.2, 0) is 10.3 Å². The Morgan fingerprint density at radius 2 is 1.60 bits per heavy atom. The zero-order chi connectivity index (χ0) is 28.3. The summed E-state index contributed by atoms with van der Waals surface area (Å²) in [6.07, 6.45) is 6.11. The number of carbonyl (C=O) groups excluding carboxylic acids is 1. The van der Waals surface area contributed by atoms with Crippen LogP contribution in [0.5, 0.6) is 0 Å². The van der Waals surface area contributed by atoms with E-state index in [2.05, 4.69) is 20.9 Å². The predicted octanol–water partition coefficient (Wildman–Crippen LogP) is 5.53. The van der Waals surface area contributed by atoms with E-state index in [1.807, 2.05) is 67.7 Å². The number of rotatable bonds is 8. The highest BCUT2D eigenvalue weighted by atomic mass is 16.4. The van der Waals surface area contributed by atoms with Gasteiger partial charge in [-0.3, -0.25) is 4.79 Å². The van der Waals surface area contributed by atoms with Gasteiger partial charge in [-0.1, -0.05) is 54.6 Å². The van der Waals surface area contributed by atoms with Crippen LogP contribution in [-0.4, -0.2) is 45.9 Å². The topological polar surface area (TPSA) is 124 Å². The number of benzene rings is 2. The van der Waals surface area contributed by atoms with E-state index in [-0.39, 0.29) is 5.91 Å². The highest BCUT2D eigenvalue weighted by Crippen LogP contribution is 2.48. The summed E-state index contributed by atoms with van der Waals surface area (Å²) in [5.74, 6) is 0.910. The first kappa shape index (κ1) is 27.8. The lowest BCUT2D eigenvalue weighted by molar-refractivity contribution is -0.117. The Bertz CT molecular complexity index is 1340. The molecule has 5 rings (SSSR count). The molecule has 0 aliphatic heterocycles. The molecule has 5 N–H and O–H groups in total. The maximum absolute atomic E-state index is 12.9. The fraction of sp³-hybridized carbons (Fsp3) is 0.406. The number of aromatic nitrogens is 1. The van der Waals surface area contributed by atoms with Gasteiger partial charge in [-0.05, 0) is 73.9 Å². The Morgan fingerprint density at radius 1 is 0.950 bits per heavy atom. The van der Waals surface area contributed by atoms with Gasteiger partial charge in [-0.25, -0.2) is 9.78 Å². The molecule has 3 aromatic rings. The van der Waals surface area contributed by atoms with Crippen molar-refractivity contribution in [3.63, 3.8) is 0 Å². The minimum Gasteiger partial charge on any atom is -0.465 e. The largest absolute Gasteiger partial charge is 0.465 e. The van der Waals surface area contributed by atoms with Gasteiger partial charge in [0.25, 0.3) is 0 Å². The minimum atomic E-state index is -1.11. The summed E-state index contributed by atoms with van der Waals surface area (Å²) in [4.78, 5) is 29.0. The second-order valence-corrected chi connectivity index (χ2v) is 11.7. The van der Waals surface area contributed by atoms with Gasteiger partial charge in [0.2, 0.25) is 5.91 Å². The van der Waals surface area contributed by atoms with Crippen molar-refractivity contribution >= 4 is 17.8 Å². The van der Waals surface area contributed by atoms with Crippen molar-refractivity contribution in [1.82, 2.24) is 15.6 Å². The van der Waals surface area contributed by atoms with Gasteiger partial charge >= 0.3 is 6.09 Å². The number of carbonyl (C=O) groups is 2. The van der Waals surface area contributed by atoms with Gasteiger partial charge in [0.1, 0.15) is 5.82 Å². The first-order valence-corrected chi connectivity index (χ1v) is 14.0. The van der Waals surface area contributed by atoms with E-state index in [0.29, 0.717) is 37.0 Å². The molecule has 40 heavy (non-hydrogen) atoms. The van der Waals surface area contributed by atoms with Crippen LogP contribution >= 0.6 is 0 Å². The molecule has 1 aromatic heterocycles. The molecule has 2 saturated carbocycles. The number of hydrogen-bond acceptors (Lipinski definition) is 5. The third-order valence-corrected chi connectivity index (χ3v) is 8.45. The lowest BCUT2D eigenvalue weighted by Crippen LogP contribution is -2.61. The third-order valence-electron chi connectivity index (χ3n) is 8.45. The van der Waals surface area contributed by atoms with Crippen LogP contribution in [0.25, 0.3) is 22.3 Å². The summed E-state index contributed by atoms with van der Waals surface area (Å²) in [5.41, 5.74) is 2.87. The number of aliphatic hydroxyl groups is 1. The molecule has 2 aliphatic carbocycles. The summed E-state index contributed by atoms with van der Waals surface area (Å²) in [6.45, 7) is 1.72. The van der Waals surface area contributed by atoms with Crippen molar-refractivity contribution in [2.24, 2.45) is 5.92 Å². The van der Waals surface area contributed by atoms with Crippen LogP contribution in [0.2, 0.25) is 0 Å². The smallest absolute Gasteiger partial charge is 0.405 e. The standard InChI is InChI=1S/C32H38N4O4/c1-31(40)19-32(20-31,36-30(38)39)24-12-10-23(11-13-24)27-18-34-28(17-26(27)22-6-4-3-5-7-22)35-29(37)16-21-8-14-25(33-2)15-9-21/h3-7,10-13,17-18,21,25,33,36,40H,8-9,14-16,19-20H2,1-2H3,(H,38,39)(H,34,35,37)/t21-,25-,31-,32-. The molecule has 0 spiro atoms. The van der Waals surface area contributed by atoms with Gasteiger partial charge in [-0.2, -0.15) is 0 Å². The molecule has 1 heterocycles. The zero-order valence-electron chi connectivity index (χ0n) is 23.1. The van der Waals surface area contributed by atoms with Gasteiger partial charge in [0, 0.05) is 37.1 Å². The Hall–Kier alpha value is -3.75. The van der Waals surface area contributed by atoms with Crippen LogP contribution < -0.4 is 16.0 Å². The van der Waals surface area contributed by atoms with Gasteiger partial charge < -0.3 is 26.2 Å². The number of pyridine rings is 1. The minimum absolute atomic E-state index is 0.0101. The van der Waals surface area contributed by atoms with E-state index in [0.717, 1.165) is 53.5 Å². The second kappa shape index (κ2) is 11.4. The Labute approximate surface area is 235 Å². The fourth-order valence-corrected chi connectivity index (χ4v) is 6.51. The average Bonchev–Trinajstić information content (AvgIpc) is 2.92. The maximum atomic E-state index is 12.9. The Kier molecular flexibility index (Phi) is 7.92. The number of anilines is 1. The number of nitrogens with one attached hydrogen (secondary N) is 3. The van der Waals surface area contributed by atoms with E-state index in [4.69, 9.17) is 0 Å². The van der Waals surface area contributed by atoms with E-state index >= 15 is 0 Å². The lowest BCUT2D eigenvalue weighted by atomic mass is 9.62. The van der Waals surface area contributed by atoms with Gasteiger partial charge in [-0.15, -0.1) is 0 Å². The van der Waals surface area contributed by atoms with Crippen LogP contribution in [0.15, 0.2) is 66.9 Å². The molecule has 8 nitrogen and oxygen atoms in total. The SMILES string of the molecule is CN[C@H]1CC[C@H](CC(=O)Nc2cc(-c3ccccc3)c(-c3ccc([C@]4(NC(=O)O)C[C@](C)(O)C4)cc3)cn2)CC1. The van der Waals surface area contributed by atoms with Crippen LogP contribution in [0.1, 0.15) is 57.4 Å². The highest BCUT2D eigenvalue weighted by molar-refractivity contribution is 5.92. The molecule has 2 aromatic carbocycles. The van der Waals surface area contributed by atoms with E-state index in [9.17, 15) is 19.8 Å². The monoisotopic (exact) mass is 542 g/mol. The number of nitrogens with zero attached hydrogens (tertiary/aromatic N) is 1. The van der Waals surface area contributed by atoms with E-state index in [1.54, 1.807) is 13.1 Å². The van der Waals surface area contributed by atoms with E-state index < -0.39 is 17.2 Å². The van der Waals surface area contributed by atoms with Crippen molar-refractivity contribution in [1.29, 1.82) is 0 Å². The fourth-order valence-electron chi connectivity index (χ4n) is 6.51. The van der Waals surface area contributed by atoms with Crippen molar-refractivity contribution in [3.05, 3.63) is 72.4 Å². The number of carboxylic acid groups (broad SMARTS) is 1. The molecule has 2 fully saturated rings. The van der Waals surface area contributed by atoms with Crippen LogP contribution in [0.4, 0.5) is 10.6 Å². The molecule has 0 radical (unpaired) electrons. The third kappa shape index (κ3) is 6.18. The summed E-state index contributed by atoms with van der Waals surface area (Å²) >= 11 is 0. The van der Waals surface area contributed by atoms with Gasteiger partial charge in [0.15, 0.2) is 0 Å². The van der Waals surface area contributed by atoms with Crippen molar-refractivity contribution in [3.8, 4) is 22.3 Å². The Morgan fingerprint density at radius 3 is 2.20 bits per heavy atom. The van der Waals surface area contributed by atoms with Crippen LogP contribution in [0, 0.1) is 5.92 Å². The predicted molar refractivity (Wildman–Crippen MR) is 156 cm³/mol. The lowest BCUT2D eigenvalue weighted by Gasteiger charge is -2.51. The molecular weight excluding hydrogens is 504 g/mol. The first-order chi connectivity index (χ1) is 19.2. The summed E-state index contributed by atoms with van der Waals surface area (Å²) in [7, 11) is 2.00. The van der Waals surface area contributed by atoms with E-state index in [1.165, 1.54) is 0 Å². The van der Waals surface area contributed by atoms with Crippen molar-refractivity contribution in [2.45, 2.75) is 69.1 Å². The molecule has 0 unspecified atom stereocenters. The highest BCUT2D eigenvalue weighted by Gasteiger charge is 2.53.